The first kappa shape index (κ1) is 11.4. The van der Waals surface area contributed by atoms with E-state index >= 15 is 0 Å². The van der Waals surface area contributed by atoms with Gasteiger partial charge in [0.2, 0.25) is 0 Å². The third kappa shape index (κ3) is 1.52. The van der Waals surface area contributed by atoms with Gasteiger partial charge < -0.3 is 5.11 Å². The van der Waals surface area contributed by atoms with Gasteiger partial charge in [-0.1, -0.05) is 30.3 Å². The highest BCUT2D eigenvalue weighted by molar-refractivity contribution is 7.25. The minimum absolute atomic E-state index is 0.250. The van der Waals surface area contributed by atoms with Gasteiger partial charge in [-0.05, 0) is 18.2 Å². The van der Waals surface area contributed by atoms with Crippen LogP contribution >= 0.6 is 11.3 Å². The molecular formula is C16H9NO2S. The van der Waals surface area contributed by atoms with E-state index in [0.29, 0.717) is 5.52 Å². The largest absolute Gasteiger partial charge is 0.478 e. The predicted molar refractivity (Wildman–Crippen MR) is 81.6 cm³/mol. The molecule has 0 aliphatic heterocycles. The number of hydrogen-bond donors (Lipinski definition) is 1. The summed E-state index contributed by atoms with van der Waals surface area (Å²) in [5.41, 5.74) is 1.68. The number of aromatic nitrogens is 1. The molecule has 0 aliphatic rings. The minimum Gasteiger partial charge on any atom is -0.478 e. The van der Waals surface area contributed by atoms with E-state index in [1.165, 1.54) is 4.70 Å². The zero-order chi connectivity index (χ0) is 13.7. The lowest BCUT2D eigenvalue weighted by molar-refractivity contribution is 0.0699. The molecule has 0 saturated carbocycles. The molecule has 3 nitrogen and oxygen atoms in total. The lowest BCUT2D eigenvalue weighted by Crippen LogP contribution is -1.98. The summed E-state index contributed by atoms with van der Waals surface area (Å²) in [5.74, 6) is -0.943. The number of carboxylic acid groups (broad SMARTS) is 1. The second-order valence-electron chi connectivity index (χ2n) is 4.62. The Morgan fingerprint density at radius 1 is 1.00 bits per heavy atom. The van der Waals surface area contributed by atoms with Crippen molar-refractivity contribution in [1.29, 1.82) is 0 Å². The standard InChI is InChI=1S/C16H9NO2S/c18-16(19)11-6-3-4-9-8-13-15(17-14(9)11)10-5-1-2-7-12(10)20-13/h1-8H,(H,18,19). The topological polar surface area (TPSA) is 50.2 Å². The number of thiophene rings is 1. The van der Waals surface area contributed by atoms with Crippen LogP contribution in [0.25, 0.3) is 31.2 Å². The van der Waals surface area contributed by atoms with Crippen LogP contribution in [0, 0.1) is 0 Å². The van der Waals surface area contributed by atoms with E-state index in [-0.39, 0.29) is 5.56 Å². The third-order valence-electron chi connectivity index (χ3n) is 3.40. The number of para-hydroxylation sites is 1. The highest BCUT2D eigenvalue weighted by Gasteiger charge is 2.13. The Bertz CT molecular complexity index is 988. The first-order valence-electron chi connectivity index (χ1n) is 6.18. The Labute approximate surface area is 118 Å². The number of rotatable bonds is 1. The lowest BCUT2D eigenvalue weighted by Gasteiger charge is -2.02. The molecule has 0 spiro atoms. The van der Waals surface area contributed by atoms with E-state index in [4.69, 9.17) is 0 Å². The van der Waals surface area contributed by atoms with Crippen LogP contribution in [0.15, 0.2) is 48.5 Å². The van der Waals surface area contributed by atoms with Crippen molar-refractivity contribution in [2.45, 2.75) is 0 Å². The number of carbonyl (C=O) groups is 1. The number of fused-ring (bicyclic) bond motifs is 4. The zero-order valence-electron chi connectivity index (χ0n) is 10.3. The summed E-state index contributed by atoms with van der Waals surface area (Å²) in [5, 5.41) is 11.2. The maximum Gasteiger partial charge on any atom is 0.337 e. The summed E-state index contributed by atoms with van der Waals surface area (Å²) in [6.45, 7) is 0. The molecule has 4 heteroatoms. The van der Waals surface area contributed by atoms with Crippen LogP contribution in [0.4, 0.5) is 0 Å². The van der Waals surface area contributed by atoms with Crippen molar-refractivity contribution in [2.24, 2.45) is 0 Å². The third-order valence-corrected chi connectivity index (χ3v) is 4.51. The molecule has 2 aromatic carbocycles. The van der Waals surface area contributed by atoms with Gasteiger partial charge in [-0.15, -0.1) is 11.3 Å². The average molecular weight is 279 g/mol. The summed E-state index contributed by atoms with van der Waals surface area (Å²) >= 11 is 1.68. The molecule has 20 heavy (non-hydrogen) atoms. The van der Waals surface area contributed by atoms with E-state index in [0.717, 1.165) is 21.0 Å². The summed E-state index contributed by atoms with van der Waals surface area (Å²) < 4.78 is 2.25. The Hall–Kier alpha value is -2.46. The normalized spacial score (nSPS) is 11.4. The van der Waals surface area contributed by atoms with E-state index in [1.54, 1.807) is 23.5 Å². The second kappa shape index (κ2) is 4.02. The number of hydrogen-bond acceptors (Lipinski definition) is 3. The molecule has 0 bridgehead atoms. The predicted octanol–water partition coefficient (Wildman–Crippen LogP) is 4.30. The molecule has 4 aromatic rings. The first-order chi connectivity index (χ1) is 9.74. The molecule has 96 valence electrons. The lowest BCUT2D eigenvalue weighted by atomic mass is 10.1. The van der Waals surface area contributed by atoms with E-state index in [1.807, 2.05) is 30.3 Å². The highest BCUT2D eigenvalue weighted by Crippen LogP contribution is 2.34. The number of carboxylic acids is 1. The van der Waals surface area contributed by atoms with Gasteiger partial charge in [0.1, 0.15) is 0 Å². The monoisotopic (exact) mass is 279 g/mol. The fraction of sp³-hybridized carbons (Fsp3) is 0. The van der Waals surface area contributed by atoms with Crippen LogP contribution in [-0.4, -0.2) is 16.1 Å². The fourth-order valence-corrected chi connectivity index (χ4v) is 3.59. The maximum absolute atomic E-state index is 11.3. The molecule has 4 rings (SSSR count). The Morgan fingerprint density at radius 3 is 2.70 bits per heavy atom. The molecular weight excluding hydrogens is 270 g/mol. The maximum atomic E-state index is 11.3. The average Bonchev–Trinajstić information content (AvgIpc) is 2.81. The molecule has 0 unspecified atom stereocenters. The Morgan fingerprint density at radius 2 is 1.85 bits per heavy atom. The van der Waals surface area contributed by atoms with Crippen LogP contribution in [0.5, 0.6) is 0 Å². The molecule has 0 atom stereocenters. The quantitative estimate of drug-likeness (QED) is 0.565. The minimum atomic E-state index is -0.943. The smallest absolute Gasteiger partial charge is 0.337 e. The molecule has 0 aliphatic carbocycles. The first-order valence-corrected chi connectivity index (χ1v) is 7.00. The van der Waals surface area contributed by atoms with Gasteiger partial charge in [0, 0.05) is 15.5 Å². The van der Waals surface area contributed by atoms with Crippen molar-refractivity contribution in [3.63, 3.8) is 0 Å². The molecule has 0 saturated heterocycles. The van der Waals surface area contributed by atoms with Crippen molar-refractivity contribution in [1.82, 2.24) is 4.98 Å². The van der Waals surface area contributed by atoms with Gasteiger partial charge in [0.05, 0.1) is 21.3 Å². The molecule has 2 heterocycles. The van der Waals surface area contributed by atoms with Gasteiger partial charge in [0.25, 0.3) is 0 Å². The van der Waals surface area contributed by atoms with E-state index in [2.05, 4.69) is 11.1 Å². The van der Waals surface area contributed by atoms with Crippen LogP contribution in [-0.2, 0) is 0 Å². The van der Waals surface area contributed by atoms with Gasteiger partial charge >= 0.3 is 5.97 Å². The highest BCUT2D eigenvalue weighted by atomic mass is 32.1. The number of pyridine rings is 1. The molecule has 0 fully saturated rings. The van der Waals surface area contributed by atoms with Gasteiger partial charge in [-0.25, -0.2) is 9.78 Å². The molecule has 0 amide bonds. The SMILES string of the molecule is O=C(O)c1cccc2cc3sc4ccccc4c3nc12. The Balaban J connectivity index is 2.22. The zero-order valence-corrected chi connectivity index (χ0v) is 11.1. The fourth-order valence-electron chi connectivity index (χ4n) is 2.49. The van der Waals surface area contributed by atoms with Crippen molar-refractivity contribution in [3.05, 3.63) is 54.1 Å². The van der Waals surface area contributed by atoms with E-state index < -0.39 is 5.97 Å². The van der Waals surface area contributed by atoms with Crippen molar-refractivity contribution in [3.8, 4) is 0 Å². The summed E-state index contributed by atoms with van der Waals surface area (Å²) in [6.07, 6.45) is 0. The summed E-state index contributed by atoms with van der Waals surface area (Å²) in [7, 11) is 0. The van der Waals surface area contributed by atoms with Crippen LogP contribution in [0.2, 0.25) is 0 Å². The number of benzene rings is 2. The second-order valence-corrected chi connectivity index (χ2v) is 5.70. The van der Waals surface area contributed by atoms with Crippen molar-refractivity contribution in [2.75, 3.05) is 0 Å². The van der Waals surface area contributed by atoms with Crippen molar-refractivity contribution >= 4 is 48.5 Å². The summed E-state index contributed by atoms with van der Waals surface area (Å²) in [4.78, 5) is 15.9. The Kier molecular flexibility index (Phi) is 2.28. The van der Waals surface area contributed by atoms with Crippen LogP contribution in [0.3, 0.4) is 0 Å². The summed E-state index contributed by atoms with van der Waals surface area (Å²) in [6, 6.07) is 15.3. The molecule has 2 aromatic heterocycles. The number of nitrogens with zero attached hydrogens (tertiary/aromatic N) is 1. The van der Waals surface area contributed by atoms with Gasteiger partial charge in [-0.2, -0.15) is 0 Å². The molecule has 1 N–H and O–H groups in total. The molecule has 0 radical (unpaired) electrons. The van der Waals surface area contributed by atoms with Crippen LogP contribution in [0.1, 0.15) is 10.4 Å². The van der Waals surface area contributed by atoms with Crippen molar-refractivity contribution < 1.29 is 9.90 Å². The van der Waals surface area contributed by atoms with Gasteiger partial charge in [0.15, 0.2) is 0 Å². The number of aromatic carboxylic acids is 1. The van der Waals surface area contributed by atoms with Crippen LogP contribution < -0.4 is 0 Å². The van der Waals surface area contributed by atoms with Gasteiger partial charge in [-0.3, -0.25) is 0 Å². The van der Waals surface area contributed by atoms with E-state index in [9.17, 15) is 9.90 Å².